The highest BCUT2D eigenvalue weighted by atomic mass is 19.4. The number of carbonyl (C=O) groups is 1. The van der Waals surface area contributed by atoms with Crippen molar-refractivity contribution >= 4 is 5.91 Å². The van der Waals surface area contributed by atoms with Crippen LogP contribution in [0.15, 0.2) is 0 Å². The summed E-state index contributed by atoms with van der Waals surface area (Å²) in [5.41, 5.74) is -2.35. The zero-order valence-electron chi connectivity index (χ0n) is 9.01. The highest BCUT2D eigenvalue weighted by Crippen LogP contribution is 2.32. The molecule has 0 bridgehead atoms. The van der Waals surface area contributed by atoms with Crippen molar-refractivity contribution in [3.05, 3.63) is 0 Å². The van der Waals surface area contributed by atoms with Crippen LogP contribution in [0, 0.1) is 0 Å². The van der Waals surface area contributed by atoms with Gasteiger partial charge in [0.05, 0.1) is 7.11 Å². The van der Waals surface area contributed by atoms with Gasteiger partial charge in [0.1, 0.15) is 6.61 Å². The van der Waals surface area contributed by atoms with Gasteiger partial charge in [-0.25, -0.2) is 5.06 Å². The molecular formula is C8H14F3NO3. The van der Waals surface area contributed by atoms with Crippen LogP contribution in [0.1, 0.15) is 13.8 Å². The number of hydrogen-bond donors (Lipinski definition) is 0. The lowest BCUT2D eigenvalue weighted by Gasteiger charge is -2.28. The van der Waals surface area contributed by atoms with E-state index in [-0.39, 0.29) is 0 Å². The van der Waals surface area contributed by atoms with Crippen LogP contribution < -0.4 is 0 Å². The molecule has 15 heavy (non-hydrogen) atoms. The van der Waals surface area contributed by atoms with E-state index >= 15 is 0 Å². The summed E-state index contributed by atoms with van der Waals surface area (Å²) in [6.07, 6.45) is -4.51. The molecule has 0 aliphatic rings. The zero-order chi connectivity index (χ0) is 12.3. The molecule has 0 atom stereocenters. The highest BCUT2D eigenvalue weighted by Gasteiger charge is 2.48. The second kappa shape index (κ2) is 4.80. The second-order valence-corrected chi connectivity index (χ2v) is 3.37. The van der Waals surface area contributed by atoms with Gasteiger partial charge < -0.3 is 4.74 Å². The number of alkyl halides is 3. The Labute approximate surface area is 85.9 Å². The van der Waals surface area contributed by atoms with Crippen molar-refractivity contribution in [1.82, 2.24) is 5.06 Å². The fourth-order valence-electron chi connectivity index (χ4n) is 0.517. The maximum atomic E-state index is 12.3. The molecule has 0 heterocycles. The van der Waals surface area contributed by atoms with Gasteiger partial charge in [-0.2, -0.15) is 13.2 Å². The Kier molecular flexibility index (Phi) is 4.54. The van der Waals surface area contributed by atoms with Crippen LogP contribution in [0.3, 0.4) is 0 Å². The molecule has 0 aromatic rings. The third-order valence-electron chi connectivity index (χ3n) is 1.86. The molecule has 0 aromatic heterocycles. The van der Waals surface area contributed by atoms with Crippen molar-refractivity contribution in [2.75, 3.05) is 20.8 Å². The lowest BCUT2D eigenvalue weighted by molar-refractivity contribution is -0.264. The normalized spacial score (nSPS) is 12.7. The average Bonchev–Trinajstić information content (AvgIpc) is 2.11. The van der Waals surface area contributed by atoms with Crippen LogP contribution in [-0.4, -0.2) is 43.5 Å². The number of hydrogen-bond acceptors (Lipinski definition) is 3. The number of carbonyl (C=O) groups excluding carboxylic acids is 1. The maximum absolute atomic E-state index is 12.3. The van der Waals surface area contributed by atoms with E-state index in [9.17, 15) is 18.0 Å². The first-order valence-corrected chi connectivity index (χ1v) is 4.13. The molecule has 0 aliphatic carbocycles. The van der Waals surface area contributed by atoms with Crippen molar-refractivity contribution in [3.63, 3.8) is 0 Å². The Balaban J connectivity index is 4.22. The van der Waals surface area contributed by atoms with Gasteiger partial charge in [0, 0.05) is 7.05 Å². The van der Waals surface area contributed by atoms with Crippen LogP contribution in [0.25, 0.3) is 0 Å². The number of hydroxylamine groups is 2. The van der Waals surface area contributed by atoms with Gasteiger partial charge in [-0.05, 0) is 13.8 Å². The quantitative estimate of drug-likeness (QED) is 0.683. The minimum atomic E-state index is -4.51. The van der Waals surface area contributed by atoms with Crippen molar-refractivity contribution in [3.8, 4) is 0 Å². The van der Waals surface area contributed by atoms with Crippen LogP contribution >= 0.6 is 0 Å². The molecule has 0 saturated heterocycles. The van der Waals surface area contributed by atoms with E-state index in [1.165, 1.54) is 14.2 Å². The first-order chi connectivity index (χ1) is 6.62. The van der Waals surface area contributed by atoms with Gasteiger partial charge in [0.25, 0.3) is 5.91 Å². The van der Waals surface area contributed by atoms with Gasteiger partial charge in [-0.3, -0.25) is 9.63 Å². The predicted octanol–water partition coefficient (Wildman–Crippen LogP) is 1.36. The lowest BCUT2D eigenvalue weighted by atomic mass is 10.1. The SMILES string of the molecule is CON(C)C(=O)COC(C)(C)C(F)(F)F. The van der Waals surface area contributed by atoms with E-state index in [0.29, 0.717) is 0 Å². The van der Waals surface area contributed by atoms with Gasteiger partial charge in [0.15, 0.2) is 5.60 Å². The Bertz CT molecular complexity index is 228. The molecular weight excluding hydrogens is 215 g/mol. The molecule has 7 heteroatoms. The number of likely N-dealkylation sites (N-methyl/N-ethyl adjacent to an activating group) is 1. The van der Waals surface area contributed by atoms with Crippen molar-refractivity contribution in [1.29, 1.82) is 0 Å². The van der Waals surface area contributed by atoms with Crippen LogP contribution in [0.4, 0.5) is 13.2 Å². The number of nitrogens with zero attached hydrogens (tertiary/aromatic N) is 1. The molecule has 0 rings (SSSR count). The summed E-state index contributed by atoms with van der Waals surface area (Å²) in [4.78, 5) is 15.5. The van der Waals surface area contributed by atoms with Crippen molar-refractivity contribution < 1.29 is 27.5 Å². The zero-order valence-corrected chi connectivity index (χ0v) is 9.01. The monoisotopic (exact) mass is 229 g/mol. The molecule has 0 aromatic carbocycles. The average molecular weight is 229 g/mol. The summed E-state index contributed by atoms with van der Waals surface area (Å²) < 4.78 is 41.3. The minimum Gasteiger partial charge on any atom is -0.356 e. The maximum Gasteiger partial charge on any atom is 0.416 e. The van der Waals surface area contributed by atoms with Crippen molar-refractivity contribution in [2.45, 2.75) is 25.6 Å². The van der Waals surface area contributed by atoms with E-state index in [4.69, 9.17) is 0 Å². The number of rotatable bonds is 4. The molecule has 90 valence electrons. The topological polar surface area (TPSA) is 38.8 Å². The van der Waals surface area contributed by atoms with Crippen LogP contribution in [0.2, 0.25) is 0 Å². The summed E-state index contributed by atoms with van der Waals surface area (Å²) in [6, 6.07) is 0. The molecule has 0 spiro atoms. The van der Waals surface area contributed by atoms with E-state index in [2.05, 4.69) is 9.57 Å². The molecule has 0 saturated carbocycles. The lowest BCUT2D eigenvalue weighted by Crippen LogP contribution is -2.44. The first-order valence-electron chi connectivity index (χ1n) is 4.13. The Morgan fingerprint density at radius 1 is 1.33 bits per heavy atom. The van der Waals surface area contributed by atoms with E-state index < -0.39 is 24.3 Å². The summed E-state index contributed by atoms with van der Waals surface area (Å²) in [6.45, 7) is 1.02. The Morgan fingerprint density at radius 2 is 1.80 bits per heavy atom. The Hall–Kier alpha value is -0.820. The van der Waals surface area contributed by atoms with Crippen LogP contribution in [0.5, 0.6) is 0 Å². The van der Waals surface area contributed by atoms with Gasteiger partial charge in [-0.1, -0.05) is 0 Å². The summed E-state index contributed by atoms with van der Waals surface area (Å²) >= 11 is 0. The molecule has 0 N–H and O–H groups in total. The van der Waals surface area contributed by atoms with Gasteiger partial charge >= 0.3 is 6.18 Å². The number of amides is 1. The number of halogens is 3. The smallest absolute Gasteiger partial charge is 0.356 e. The largest absolute Gasteiger partial charge is 0.416 e. The second-order valence-electron chi connectivity index (χ2n) is 3.37. The summed E-state index contributed by atoms with van der Waals surface area (Å²) in [5, 5.41) is 0.798. The van der Waals surface area contributed by atoms with Crippen molar-refractivity contribution in [2.24, 2.45) is 0 Å². The molecule has 0 fully saturated rings. The molecule has 0 aliphatic heterocycles. The third-order valence-corrected chi connectivity index (χ3v) is 1.86. The highest BCUT2D eigenvalue weighted by molar-refractivity contribution is 5.76. The molecule has 0 unspecified atom stereocenters. The molecule has 4 nitrogen and oxygen atoms in total. The fraction of sp³-hybridized carbons (Fsp3) is 0.875. The predicted molar refractivity (Wildman–Crippen MR) is 45.9 cm³/mol. The molecule has 0 radical (unpaired) electrons. The number of ether oxygens (including phenoxy) is 1. The van der Waals surface area contributed by atoms with Crippen LogP contribution in [-0.2, 0) is 14.4 Å². The first kappa shape index (κ1) is 14.2. The fourth-order valence-corrected chi connectivity index (χ4v) is 0.517. The summed E-state index contributed by atoms with van der Waals surface area (Å²) in [7, 11) is 2.51. The minimum absolute atomic E-state index is 0.684. The molecule has 1 amide bonds. The standard InChI is InChI=1S/C8H14F3NO3/c1-7(2,8(9,10)11)15-5-6(13)12(3)14-4/h5H2,1-4H3. The third kappa shape index (κ3) is 4.05. The van der Waals surface area contributed by atoms with E-state index in [1.54, 1.807) is 0 Å². The van der Waals surface area contributed by atoms with Gasteiger partial charge in [-0.15, -0.1) is 0 Å². The van der Waals surface area contributed by atoms with E-state index in [1.807, 2.05) is 0 Å². The van der Waals surface area contributed by atoms with E-state index in [0.717, 1.165) is 18.9 Å². The Morgan fingerprint density at radius 3 is 2.13 bits per heavy atom. The summed E-state index contributed by atoms with van der Waals surface area (Å²) in [5.74, 6) is -0.685. The van der Waals surface area contributed by atoms with Gasteiger partial charge in [0.2, 0.25) is 0 Å².